The molecule has 0 unspecified atom stereocenters. The molecule has 1 aromatic carbocycles. The Kier molecular flexibility index (Phi) is 4.73. The van der Waals surface area contributed by atoms with Crippen molar-refractivity contribution in [1.82, 2.24) is 10.2 Å². The number of nitrogens with zero attached hydrogens (tertiary/aromatic N) is 2. The van der Waals surface area contributed by atoms with E-state index in [0.29, 0.717) is 6.04 Å². The first-order valence-electron chi connectivity index (χ1n) is 7.86. The number of piperazine rings is 1. The van der Waals surface area contributed by atoms with Crippen molar-refractivity contribution >= 4 is 5.69 Å². The summed E-state index contributed by atoms with van der Waals surface area (Å²) in [7, 11) is 0. The molecule has 2 N–H and O–H groups in total. The maximum absolute atomic E-state index is 13.5. The van der Waals surface area contributed by atoms with Gasteiger partial charge in [0.25, 0.3) is 0 Å². The van der Waals surface area contributed by atoms with Crippen LogP contribution in [0.25, 0.3) is 0 Å². The smallest absolute Gasteiger partial charge is 0.123 e. The van der Waals surface area contributed by atoms with Crippen molar-refractivity contribution in [3.63, 3.8) is 0 Å². The molecule has 1 aliphatic heterocycles. The maximum atomic E-state index is 13.5. The van der Waals surface area contributed by atoms with Crippen molar-refractivity contribution < 1.29 is 9.50 Å². The molecule has 0 aromatic heterocycles. The molecule has 0 radical (unpaired) electrons. The summed E-state index contributed by atoms with van der Waals surface area (Å²) in [5.74, 6) is -0.162. The monoisotopic (exact) mass is 293 g/mol. The molecule has 21 heavy (non-hydrogen) atoms. The second-order valence-electron chi connectivity index (χ2n) is 5.98. The summed E-state index contributed by atoms with van der Waals surface area (Å²) in [5, 5.41) is 12.5. The Balaban J connectivity index is 1.66. The summed E-state index contributed by atoms with van der Waals surface area (Å²) in [6.07, 6.45) is 2.48. The number of nitrogens with one attached hydrogen (secondary N) is 1. The third-order valence-corrected chi connectivity index (χ3v) is 4.33. The van der Waals surface area contributed by atoms with Crippen LogP contribution in [0.3, 0.4) is 0 Å². The SMILES string of the molecule is OCCN1CCN(c2ccc(F)cc2CNC2CC2)CC1. The molecule has 0 atom stereocenters. The minimum Gasteiger partial charge on any atom is -0.395 e. The number of anilines is 1. The number of β-amino-alcohol motifs (C(OH)–C–C–N with tert-alkyl or cyclic N) is 1. The molecule has 1 saturated heterocycles. The van der Waals surface area contributed by atoms with Gasteiger partial charge >= 0.3 is 0 Å². The Bertz CT molecular complexity index is 471. The zero-order chi connectivity index (χ0) is 14.7. The number of benzene rings is 1. The third kappa shape index (κ3) is 3.93. The fourth-order valence-corrected chi connectivity index (χ4v) is 2.90. The fourth-order valence-electron chi connectivity index (χ4n) is 2.90. The van der Waals surface area contributed by atoms with Crippen LogP contribution in [0.2, 0.25) is 0 Å². The van der Waals surface area contributed by atoms with E-state index in [1.165, 1.54) is 12.8 Å². The van der Waals surface area contributed by atoms with Gasteiger partial charge in [-0.2, -0.15) is 0 Å². The van der Waals surface area contributed by atoms with Crippen LogP contribution in [0.5, 0.6) is 0 Å². The minimum absolute atomic E-state index is 0.162. The van der Waals surface area contributed by atoms with E-state index in [4.69, 9.17) is 5.11 Å². The van der Waals surface area contributed by atoms with Gasteiger partial charge in [0.05, 0.1) is 6.61 Å². The molecule has 1 aromatic rings. The van der Waals surface area contributed by atoms with Crippen LogP contribution in [-0.2, 0) is 6.54 Å². The lowest BCUT2D eigenvalue weighted by Crippen LogP contribution is -2.47. The molecule has 4 nitrogen and oxygen atoms in total. The van der Waals surface area contributed by atoms with E-state index in [-0.39, 0.29) is 12.4 Å². The van der Waals surface area contributed by atoms with E-state index in [1.54, 1.807) is 12.1 Å². The highest BCUT2D eigenvalue weighted by molar-refractivity contribution is 5.54. The molecule has 1 heterocycles. The number of aliphatic hydroxyl groups excluding tert-OH is 1. The van der Waals surface area contributed by atoms with Gasteiger partial charge < -0.3 is 15.3 Å². The Morgan fingerprint density at radius 2 is 1.95 bits per heavy atom. The molecular weight excluding hydrogens is 269 g/mol. The summed E-state index contributed by atoms with van der Waals surface area (Å²) < 4.78 is 13.5. The van der Waals surface area contributed by atoms with Crippen LogP contribution in [-0.4, -0.2) is 55.4 Å². The average molecular weight is 293 g/mol. The Labute approximate surface area is 125 Å². The second kappa shape index (κ2) is 6.73. The van der Waals surface area contributed by atoms with Gasteiger partial charge in [-0.05, 0) is 36.6 Å². The molecule has 1 aliphatic carbocycles. The lowest BCUT2D eigenvalue weighted by atomic mass is 10.1. The fraction of sp³-hybridized carbons (Fsp3) is 0.625. The predicted molar refractivity (Wildman–Crippen MR) is 82.0 cm³/mol. The van der Waals surface area contributed by atoms with Crippen LogP contribution < -0.4 is 10.2 Å². The van der Waals surface area contributed by atoms with Crippen molar-refractivity contribution in [3.8, 4) is 0 Å². The molecular formula is C16H24FN3O. The van der Waals surface area contributed by atoms with Crippen LogP contribution in [0, 0.1) is 5.82 Å². The van der Waals surface area contributed by atoms with Gasteiger partial charge in [-0.3, -0.25) is 4.90 Å². The Hall–Kier alpha value is -1.17. The standard InChI is InChI=1S/C16H24FN3O/c17-14-1-4-16(13(11-14)12-18-15-2-3-15)20-7-5-19(6-8-20)9-10-21/h1,4,11,15,18,21H,2-3,5-10,12H2. The highest BCUT2D eigenvalue weighted by atomic mass is 19.1. The first-order chi connectivity index (χ1) is 10.3. The maximum Gasteiger partial charge on any atom is 0.123 e. The van der Waals surface area contributed by atoms with Crippen molar-refractivity contribution in [2.45, 2.75) is 25.4 Å². The van der Waals surface area contributed by atoms with Gasteiger partial charge in [0.1, 0.15) is 5.82 Å². The molecule has 116 valence electrons. The van der Waals surface area contributed by atoms with E-state index in [9.17, 15) is 4.39 Å². The molecule has 3 rings (SSSR count). The van der Waals surface area contributed by atoms with E-state index < -0.39 is 0 Å². The molecule has 0 amide bonds. The molecule has 5 heteroatoms. The first kappa shape index (κ1) is 14.8. The lowest BCUT2D eigenvalue weighted by molar-refractivity contribution is 0.188. The number of rotatable bonds is 6. The van der Waals surface area contributed by atoms with Gasteiger partial charge in [0, 0.05) is 51.0 Å². The van der Waals surface area contributed by atoms with Crippen LogP contribution in [0.15, 0.2) is 18.2 Å². The topological polar surface area (TPSA) is 38.7 Å². The van der Waals surface area contributed by atoms with Gasteiger partial charge in [-0.15, -0.1) is 0 Å². The van der Waals surface area contributed by atoms with Gasteiger partial charge in [-0.25, -0.2) is 4.39 Å². The summed E-state index contributed by atoms with van der Waals surface area (Å²) in [6.45, 7) is 5.47. The predicted octanol–water partition coefficient (Wildman–Crippen LogP) is 1.19. The van der Waals surface area contributed by atoms with Crippen molar-refractivity contribution in [1.29, 1.82) is 0 Å². The Morgan fingerprint density at radius 1 is 1.19 bits per heavy atom. The quantitative estimate of drug-likeness (QED) is 0.826. The first-order valence-corrected chi connectivity index (χ1v) is 7.86. The second-order valence-corrected chi connectivity index (χ2v) is 5.98. The number of aliphatic hydroxyl groups is 1. The molecule has 0 bridgehead atoms. The van der Waals surface area contributed by atoms with E-state index in [2.05, 4.69) is 15.1 Å². The molecule has 1 saturated carbocycles. The number of hydrogen-bond donors (Lipinski definition) is 2. The molecule has 0 spiro atoms. The zero-order valence-electron chi connectivity index (χ0n) is 12.4. The van der Waals surface area contributed by atoms with Gasteiger partial charge in [0.2, 0.25) is 0 Å². The highest BCUT2D eigenvalue weighted by Crippen LogP contribution is 2.25. The van der Waals surface area contributed by atoms with E-state index in [1.807, 2.05) is 6.07 Å². The molecule has 2 fully saturated rings. The highest BCUT2D eigenvalue weighted by Gasteiger charge is 2.22. The van der Waals surface area contributed by atoms with Crippen molar-refractivity contribution in [2.75, 3.05) is 44.2 Å². The summed E-state index contributed by atoms with van der Waals surface area (Å²) >= 11 is 0. The zero-order valence-corrected chi connectivity index (χ0v) is 12.4. The normalized spacial score (nSPS) is 20.0. The minimum atomic E-state index is -0.162. The Morgan fingerprint density at radius 3 is 2.62 bits per heavy atom. The average Bonchev–Trinajstić information content (AvgIpc) is 3.31. The van der Waals surface area contributed by atoms with Crippen molar-refractivity contribution in [3.05, 3.63) is 29.6 Å². The van der Waals surface area contributed by atoms with Crippen LogP contribution in [0.1, 0.15) is 18.4 Å². The van der Waals surface area contributed by atoms with Gasteiger partial charge in [0.15, 0.2) is 0 Å². The third-order valence-electron chi connectivity index (χ3n) is 4.33. The number of hydrogen-bond acceptors (Lipinski definition) is 4. The summed E-state index contributed by atoms with van der Waals surface area (Å²) in [5.41, 5.74) is 2.20. The summed E-state index contributed by atoms with van der Waals surface area (Å²) in [4.78, 5) is 4.60. The summed E-state index contributed by atoms with van der Waals surface area (Å²) in [6, 6.07) is 5.74. The van der Waals surface area contributed by atoms with Crippen LogP contribution >= 0.6 is 0 Å². The van der Waals surface area contributed by atoms with Crippen LogP contribution in [0.4, 0.5) is 10.1 Å². The number of halogens is 1. The van der Waals surface area contributed by atoms with E-state index in [0.717, 1.165) is 50.5 Å². The largest absolute Gasteiger partial charge is 0.395 e. The van der Waals surface area contributed by atoms with Gasteiger partial charge in [-0.1, -0.05) is 0 Å². The molecule has 2 aliphatic rings. The lowest BCUT2D eigenvalue weighted by Gasteiger charge is -2.36. The van der Waals surface area contributed by atoms with E-state index >= 15 is 0 Å². The van der Waals surface area contributed by atoms with Crippen molar-refractivity contribution in [2.24, 2.45) is 0 Å².